The van der Waals surface area contributed by atoms with E-state index in [-0.39, 0.29) is 4.90 Å². The summed E-state index contributed by atoms with van der Waals surface area (Å²) in [5.74, 6) is -5.20. The molecular formula is C13H3B9FN3O3. The summed E-state index contributed by atoms with van der Waals surface area (Å²) in [7, 11) is 52.6. The fourth-order valence-electron chi connectivity index (χ4n) is 3.54. The van der Waals surface area contributed by atoms with Crippen molar-refractivity contribution < 1.29 is 18.8 Å². The normalized spacial score (nSPS) is 26.8. The van der Waals surface area contributed by atoms with Crippen molar-refractivity contribution in [3.8, 4) is 0 Å². The fourth-order valence-corrected chi connectivity index (χ4v) is 3.54. The number of fused-ring (bicyclic) bond motifs is 1. The van der Waals surface area contributed by atoms with Crippen LogP contribution in [-0.4, -0.2) is 98.7 Å². The first-order valence-corrected chi connectivity index (χ1v) is 7.86. The third-order valence-corrected chi connectivity index (χ3v) is 5.36. The van der Waals surface area contributed by atoms with E-state index in [0.29, 0.717) is 0 Å². The Morgan fingerprint density at radius 3 is 1.93 bits per heavy atom. The van der Waals surface area contributed by atoms with E-state index in [1.165, 1.54) is 0 Å². The second-order valence-electron chi connectivity index (χ2n) is 7.06. The molecule has 0 bridgehead atoms. The van der Waals surface area contributed by atoms with E-state index in [1.54, 1.807) is 5.32 Å². The summed E-state index contributed by atoms with van der Waals surface area (Å²) in [4.78, 5) is 38.2. The first-order chi connectivity index (χ1) is 13.0. The predicted octanol–water partition coefficient (Wildman–Crippen LogP) is -5.67. The molecule has 0 saturated carbocycles. The van der Waals surface area contributed by atoms with Crippen molar-refractivity contribution in [1.29, 1.82) is 0 Å². The summed E-state index contributed by atoms with van der Waals surface area (Å²) in [6.07, 6.45) is 0. The molecule has 1 saturated heterocycles. The fraction of sp³-hybridized carbons (Fsp3) is 0.308. The number of piperidine rings is 1. The molecular weight excluding hydrogens is 362 g/mol. The lowest BCUT2D eigenvalue weighted by Gasteiger charge is -2.63. The predicted molar refractivity (Wildman–Crippen MR) is 111 cm³/mol. The van der Waals surface area contributed by atoms with Gasteiger partial charge in [-0.2, -0.15) is 0 Å². The van der Waals surface area contributed by atoms with Crippen molar-refractivity contribution >= 4 is 105 Å². The van der Waals surface area contributed by atoms with Crippen LogP contribution in [0.3, 0.4) is 0 Å². The van der Waals surface area contributed by atoms with Gasteiger partial charge in [-0.25, -0.2) is 4.39 Å². The first-order valence-electron chi connectivity index (χ1n) is 7.86. The van der Waals surface area contributed by atoms with Crippen molar-refractivity contribution in [2.24, 2.45) is 0 Å². The van der Waals surface area contributed by atoms with Crippen molar-refractivity contribution in [3.63, 3.8) is 0 Å². The van der Waals surface area contributed by atoms with E-state index in [1.807, 2.05) is 0 Å². The van der Waals surface area contributed by atoms with Crippen LogP contribution >= 0.6 is 0 Å². The highest BCUT2D eigenvalue weighted by molar-refractivity contribution is 6.67. The summed E-state index contributed by atoms with van der Waals surface area (Å²) in [6.45, 7) is 0. The lowest BCUT2D eigenvalue weighted by atomic mass is 9.21. The largest absolute Gasteiger partial charge is 0.399 e. The molecule has 2 aliphatic rings. The van der Waals surface area contributed by atoms with Crippen LogP contribution in [0, 0.1) is 5.82 Å². The Balaban J connectivity index is 2.37. The first kappa shape index (κ1) is 21.8. The highest BCUT2D eigenvalue weighted by atomic mass is 19.1. The number of nitrogens with one attached hydrogen (secondary N) is 1. The second kappa shape index (κ2) is 5.85. The number of hydrogen-bond donors (Lipinski definition) is 2. The Bertz CT molecular complexity index is 1020. The van der Waals surface area contributed by atoms with Gasteiger partial charge in [0, 0.05) is 11.3 Å². The Morgan fingerprint density at radius 2 is 1.41 bits per heavy atom. The molecule has 2 heterocycles. The van der Waals surface area contributed by atoms with Crippen LogP contribution in [0.1, 0.15) is 15.9 Å². The van der Waals surface area contributed by atoms with Gasteiger partial charge in [0.15, 0.2) is 0 Å². The van der Waals surface area contributed by atoms with Crippen LogP contribution in [0.15, 0.2) is 0 Å². The van der Waals surface area contributed by atoms with Crippen LogP contribution in [0.4, 0.5) is 10.1 Å². The zero-order chi connectivity index (χ0) is 22.5. The molecule has 1 atom stereocenters. The maximum absolute atomic E-state index is 14.3. The lowest BCUT2D eigenvalue weighted by molar-refractivity contribution is -0.141. The Hall–Kier alpha value is -1.86. The molecule has 0 spiro atoms. The molecule has 16 heteroatoms. The number of hydrogen-bond acceptors (Lipinski definition) is 4. The number of nitrogen functional groups attached to an aromatic ring is 1. The highest BCUT2D eigenvalue weighted by Crippen LogP contribution is 2.57. The number of benzene rings is 1. The number of nitrogens with two attached hydrogens (primary N) is 1. The SMILES string of the molecule is [B]c1c(N)c2c(c([B])c1F)C(=O)N([C@]1([B])C(=O)NC(=O)C([B])([B])C1([B])[B])C2([B])[B]. The van der Waals surface area contributed by atoms with Crippen LogP contribution in [0.25, 0.3) is 0 Å². The minimum absolute atomic E-state index is 0.284. The summed E-state index contributed by atoms with van der Waals surface area (Å²) in [5, 5.41) is -6.30. The number of carbonyl (C=O) groups excluding carboxylic acids is 3. The molecule has 0 unspecified atom stereocenters. The van der Waals surface area contributed by atoms with Gasteiger partial charge < -0.3 is 10.6 Å². The molecule has 1 aromatic carbocycles. The smallest absolute Gasteiger partial charge is 0.253 e. The molecule has 29 heavy (non-hydrogen) atoms. The molecule has 1 fully saturated rings. The zero-order valence-electron chi connectivity index (χ0n) is 14.8. The van der Waals surface area contributed by atoms with E-state index >= 15 is 0 Å². The van der Waals surface area contributed by atoms with Gasteiger partial charge in [0.25, 0.3) is 5.91 Å². The molecule has 2 aliphatic heterocycles. The van der Waals surface area contributed by atoms with Crippen molar-refractivity contribution in [3.05, 3.63) is 16.9 Å². The lowest BCUT2D eigenvalue weighted by Crippen LogP contribution is -2.78. The molecule has 0 aromatic heterocycles. The molecule has 122 valence electrons. The maximum atomic E-state index is 14.3. The Labute approximate surface area is 178 Å². The van der Waals surface area contributed by atoms with Gasteiger partial charge in [0.1, 0.15) is 29.4 Å². The van der Waals surface area contributed by atoms with Crippen molar-refractivity contribution in [2.75, 3.05) is 5.73 Å². The van der Waals surface area contributed by atoms with Gasteiger partial charge in [0.05, 0.1) is 52.5 Å². The van der Waals surface area contributed by atoms with Crippen LogP contribution in [0.2, 0.25) is 10.4 Å². The van der Waals surface area contributed by atoms with Gasteiger partial charge in [-0.1, -0.05) is 5.21 Å². The molecule has 1 aromatic rings. The molecule has 3 rings (SSSR count). The number of anilines is 1. The van der Waals surface area contributed by atoms with Crippen molar-refractivity contribution in [1.82, 2.24) is 10.2 Å². The van der Waals surface area contributed by atoms with Crippen LogP contribution < -0.4 is 22.0 Å². The molecule has 6 nitrogen and oxygen atoms in total. The van der Waals surface area contributed by atoms with E-state index in [0.717, 1.165) is 0 Å². The topological polar surface area (TPSA) is 92.5 Å². The van der Waals surface area contributed by atoms with E-state index in [4.69, 9.17) is 76.4 Å². The number of rotatable bonds is 1. The zero-order valence-corrected chi connectivity index (χ0v) is 14.8. The Kier molecular flexibility index (Phi) is 4.41. The number of nitrogens with zero attached hydrogens (tertiary/aromatic N) is 1. The number of halogens is 1. The van der Waals surface area contributed by atoms with Gasteiger partial charge in [-0.3, -0.25) is 19.7 Å². The average Bonchev–Trinajstić information content (AvgIpc) is 2.81. The van der Waals surface area contributed by atoms with Gasteiger partial charge in [-0.05, 0) is 27.0 Å². The average molecular weight is 365 g/mol. The minimum atomic E-state index is -2.92. The standard InChI is InChI=1S/C13H3B9FN3O3/c14-3-1-2(6(24)4(15)5(3)23)12(19,20)26(7(1)27)11(18)9(29)25-8(28)10(16,17)13(11,21)22/h24H2,(H,25,28,29)/t11-/m1/s1. The molecule has 18 radical (unpaired) electrons. The summed E-state index contributed by atoms with van der Waals surface area (Å²) < 4.78 is 14.3. The summed E-state index contributed by atoms with van der Waals surface area (Å²) >= 11 is 0. The minimum Gasteiger partial charge on any atom is -0.399 e. The van der Waals surface area contributed by atoms with Crippen LogP contribution in [-0.2, 0) is 14.9 Å². The number of imide groups is 1. The van der Waals surface area contributed by atoms with Crippen LogP contribution in [0.5, 0.6) is 0 Å². The second-order valence-corrected chi connectivity index (χ2v) is 7.06. The quantitative estimate of drug-likeness (QED) is 0.295. The summed E-state index contributed by atoms with van der Waals surface area (Å²) in [6, 6.07) is 0. The number of carbonyl (C=O) groups is 3. The molecule has 0 aliphatic carbocycles. The Morgan fingerprint density at radius 1 is 0.897 bits per heavy atom. The maximum Gasteiger partial charge on any atom is 0.253 e. The number of amides is 3. The van der Waals surface area contributed by atoms with Gasteiger partial charge >= 0.3 is 0 Å². The third kappa shape index (κ3) is 2.26. The molecule has 3 N–H and O–H groups in total. The molecule has 3 amide bonds. The van der Waals surface area contributed by atoms with Gasteiger partial charge in [0.2, 0.25) is 11.8 Å². The van der Waals surface area contributed by atoms with E-state index in [9.17, 15) is 18.8 Å². The van der Waals surface area contributed by atoms with E-state index < -0.39 is 72.5 Å². The van der Waals surface area contributed by atoms with E-state index in [2.05, 4.69) is 0 Å². The third-order valence-electron chi connectivity index (χ3n) is 5.36. The summed E-state index contributed by atoms with van der Waals surface area (Å²) in [5.41, 5.74) is -0.141. The highest BCUT2D eigenvalue weighted by Gasteiger charge is 2.66. The van der Waals surface area contributed by atoms with Gasteiger partial charge in [-0.15, -0.1) is 0 Å². The monoisotopic (exact) mass is 367 g/mol. The van der Waals surface area contributed by atoms with Crippen molar-refractivity contribution in [2.45, 2.75) is 21.2 Å².